The van der Waals surface area contributed by atoms with Crippen molar-refractivity contribution < 1.29 is 14.3 Å². The van der Waals surface area contributed by atoms with Crippen LogP contribution >= 0.6 is 0 Å². The Morgan fingerprint density at radius 2 is 2.08 bits per heavy atom. The molecule has 0 fully saturated rings. The molecule has 0 saturated carbocycles. The molecule has 4 heterocycles. The quantitative estimate of drug-likeness (QED) is 0.580. The van der Waals surface area contributed by atoms with Crippen LogP contribution in [0.2, 0.25) is 0 Å². The molecule has 0 saturated heterocycles. The van der Waals surface area contributed by atoms with Crippen LogP contribution in [0.25, 0.3) is 28.5 Å². The lowest BCUT2D eigenvalue weighted by molar-refractivity contribution is 0.0691. The van der Waals surface area contributed by atoms with Crippen LogP contribution in [0.5, 0.6) is 0 Å². The fourth-order valence-electron chi connectivity index (χ4n) is 2.54. The minimum absolute atomic E-state index is 0.202. The molecule has 0 unspecified atom stereocenters. The van der Waals surface area contributed by atoms with Gasteiger partial charge in [0, 0.05) is 23.7 Å². The van der Waals surface area contributed by atoms with E-state index in [1.54, 1.807) is 24.5 Å². The molecule has 0 atom stereocenters. The lowest BCUT2D eigenvalue weighted by atomic mass is 10.1. The summed E-state index contributed by atoms with van der Waals surface area (Å²) in [5.41, 5.74) is 8.31. The van der Waals surface area contributed by atoms with Crippen molar-refractivity contribution in [3.63, 3.8) is 0 Å². The molecule has 9 heteroatoms. The lowest BCUT2D eigenvalue weighted by Crippen LogP contribution is -2.10. The van der Waals surface area contributed by atoms with Crippen molar-refractivity contribution in [1.29, 1.82) is 0 Å². The standard InChI is InChI=1S/C16H12N6O3/c1-8-6-19-10-3-2-9(7-22(8)10)11-12(15-18-4-5-25-15)21-14(17)13(20-11)16(23)24/h2-7H,1H3,(H2,17,21)(H,23,24). The van der Waals surface area contributed by atoms with Crippen molar-refractivity contribution in [2.45, 2.75) is 6.92 Å². The monoisotopic (exact) mass is 336 g/mol. The molecule has 0 radical (unpaired) electrons. The first-order chi connectivity index (χ1) is 12.0. The summed E-state index contributed by atoms with van der Waals surface area (Å²) in [6.07, 6.45) is 6.40. The zero-order valence-corrected chi connectivity index (χ0v) is 13.0. The Hall–Kier alpha value is -3.75. The average molecular weight is 336 g/mol. The molecule has 0 aliphatic heterocycles. The zero-order chi connectivity index (χ0) is 17.6. The van der Waals surface area contributed by atoms with E-state index in [4.69, 9.17) is 10.2 Å². The van der Waals surface area contributed by atoms with Gasteiger partial charge in [-0.1, -0.05) is 0 Å². The second-order valence-corrected chi connectivity index (χ2v) is 5.34. The van der Waals surface area contributed by atoms with Crippen molar-refractivity contribution in [1.82, 2.24) is 24.3 Å². The van der Waals surface area contributed by atoms with Gasteiger partial charge in [0.2, 0.25) is 5.89 Å². The summed E-state index contributed by atoms with van der Waals surface area (Å²) in [6, 6.07) is 3.58. The van der Waals surface area contributed by atoms with Gasteiger partial charge in [0.1, 0.15) is 17.6 Å². The second-order valence-electron chi connectivity index (χ2n) is 5.34. The number of oxazole rings is 1. The van der Waals surface area contributed by atoms with Crippen LogP contribution in [0, 0.1) is 6.92 Å². The van der Waals surface area contributed by atoms with Crippen molar-refractivity contribution in [3.8, 4) is 22.8 Å². The highest BCUT2D eigenvalue weighted by Crippen LogP contribution is 2.30. The third-order valence-corrected chi connectivity index (χ3v) is 3.72. The Balaban J connectivity index is 2.01. The summed E-state index contributed by atoms with van der Waals surface area (Å²) in [5.74, 6) is -1.26. The molecular weight excluding hydrogens is 324 g/mol. The minimum Gasteiger partial charge on any atom is -0.476 e. The van der Waals surface area contributed by atoms with Crippen molar-refractivity contribution in [2.24, 2.45) is 0 Å². The van der Waals surface area contributed by atoms with Gasteiger partial charge in [-0.15, -0.1) is 0 Å². The maximum Gasteiger partial charge on any atom is 0.358 e. The zero-order valence-electron chi connectivity index (χ0n) is 13.0. The van der Waals surface area contributed by atoms with Crippen molar-refractivity contribution in [3.05, 3.63) is 48.4 Å². The minimum atomic E-state index is -1.26. The van der Waals surface area contributed by atoms with Crippen LogP contribution in [0.3, 0.4) is 0 Å². The average Bonchev–Trinajstić information content (AvgIpc) is 3.24. The Bertz CT molecular complexity index is 1100. The Labute approximate surface area is 140 Å². The number of imidazole rings is 1. The Morgan fingerprint density at radius 1 is 1.24 bits per heavy atom. The second kappa shape index (κ2) is 5.41. The fraction of sp³-hybridized carbons (Fsp3) is 0.0625. The number of fused-ring (bicyclic) bond motifs is 1. The molecule has 124 valence electrons. The fourth-order valence-corrected chi connectivity index (χ4v) is 2.54. The van der Waals surface area contributed by atoms with E-state index in [0.717, 1.165) is 11.3 Å². The number of carboxylic acid groups (broad SMARTS) is 1. The van der Waals surface area contributed by atoms with Gasteiger partial charge in [-0.3, -0.25) is 0 Å². The van der Waals surface area contributed by atoms with Gasteiger partial charge in [-0.2, -0.15) is 0 Å². The maximum atomic E-state index is 11.4. The van der Waals surface area contributed by atoms with E-state index in [1.807, 2.05) is 11.3 Å². The highest BCUT2D eigenvalue weighted by molar-refractivity contribution is 5.92. The van der Waals surface area contributed by atoms with Crippen molar-refractivity contribution >= 4 is 17.4 Å². The first-order valence-corrected chi connectivity index (χ1v) is 7.29. The summed E-state index contributed by atoms with van der Waals surface area (Å²) in [7, 11) is 0. The number of aryl methyl sites for hydroxylation is 1. The number of hydrogen-bond acceptors (Lipinski definition) is 7. The summed E-state index contributed by atoms with van der Waals surface area (Å²) in [4.78, 5) is 28.1. The number of carboxylic acids is 1. The summed E-state index contributed by atoms with van der Waals surface area (Å²) in [5, 5.41) is 9.30. The number of pyridine rings is 1. The van der Waals surface area contributed by atoms with Gasteiger partial charge in [-0.25, -0.2) is 24.7 Å². The number of nitrogens with zero attached hydrogens (tertiary/aromatic N) is 5. The SMILES string of the molecule is Cc1cnc2ccc(-c3nc(C(=O)O)c(N)nc3-c3ncco3)cn12. The molecule has 0 amide bonds. The molecule has 0 aromatic carbocycles. The maximum absolute atomic E-state index is 11.4. The highest BCUT2D eigenvalue weighted by atomic mass is 16.4. The van der Waals surface area contributed by atoms with Crippen LogP contribution in [-0.2, 0) is 0 Å². The smallest absolute Gasteiger partial charge is 0.358 e. The molecule has 25 heavy (non-hydrogen) atoms. The third kappa shape index (κ3) is 2.38. The predicted molar refractivity (Wildman–Crippen MR) is 87.8 cm³/mol. The van der Waals surface area contributed by atoms with Crippen molar-refractivity contribution in [2.75, 3.05) is 5.73 Å². The van der Waals surface area contributed by atoms with Gasteiger partial charge in [0.15, 0.2) is 17.2 Å². The first-order valence-electron chi connectivity index (χ1n) is 7.29. The van der Waals surface area contributed by atoms with E-state index in [1.165, 1.54) is 12.5 Å². The number of nitrogens with two attached hydrogens (primary N) is 1. The molecule has 0 aliphatic carbocycles. The predicted octanol–water partition coefficient (Wildman–Crippen LogP) is 2.04. The number of aromatic carboxylic acids is 1. The summed E-state index contributed by atoms with van der Waals surface area (Å²) in [6.45, 7) is 1.91. The molecule has 4 rings (SSSR count). The summed E-state index contributed by atoms with van der Waals surface area (Å²) >= 11 is 0. The molecule has 0 bridgehead atoms. The van der Waals surface area contributed by atoms with E-state index in [2.05, 4.69) is 19.9 Å². The number of aromatic nitrogens is 5. The van der Waals surface area contributed by atoms with Crippen LogP contribution in [0.1, 0.15) is 16.2 Å². The molecular formula is C16H12N6O3. The first kappa shape index (κ1) is 14.8. The number of anilines is 1. The number of hydrogen-bond donors (Lipinski definition) is 2. The van der Waals surface area contributed by atoms with E-state index >= 15 is 0 Å². The normalized spacial score (nSPS) is 11.1. The van der Waals surface area contributed by atoms with E-state index in [0.29, 0.717) is 11.3 Å². The molecule has 0 aliphatic rings. The van der Waals surface area contributed by atoms with Crippen LogP contribution in [-0.4, -0.2) is 35.4 Å². The van der Waals surface area contributed by atoms with E-state index < -0.39 is 5.97 Å². The summed E-state index contributed by atoms with van der Waals surface area (Å²) < 4.78 is 7.17. The van der Waals surface area contributed by atoms with Gasteiger partial charge in [-0.05, 0) is 19.1 Å². The molecule has 0 spiro atoms. The van der Waals surface area contributed by atoms with E-state index in [-0.39, 0.29) is 23.1 Å². The topological polar surface area (TPSA) is 132 Å². The molecule has 4 aromatic rings. The van der Waals surface area contributed by atoms with Gasteiger partial charge < -0.3 is 19.7 Å². The van der Waals surface area contributed by atoms with E-state index in [9.17, 15) is 9.90 Å². The van der Waals surface area contributed by atoms with Crippen LogP contribution in [0.15, 0.2) is 41.4 Å². The Morgan fingerprint density at radius 3 is 2.80 bits per heavy atom. The third-order valence-electron chi connectivity index (χ3n) is 3.72. The van der Waals surface area contributed by atoms with Gasteiger partial charge >= 0.3 is 5.97 Å². The molecule has 9 nitrogen and oxygen atoms in total. The highest BCUT2D eigenvalue weighted by Gasteiger charge is 2.21. The van der Waals surface area contributed by atoms with Crippen LogP contribution < -0.4 is 5.73 Å². The molecule has 4 aromatic heterocycles. The number of carbonyl (C=O) groups is 1. The van der Waals surface area contributed by atoms with Crippen LogP contribution in [0.4, 0.5) is 5.82 Å². The lowest BCUT2D eigenvalue weighted by Gasteiger charge is -2.09. The number of rotatable bonds is 3. The molecule has 3 N–H and O–H groups in total. The van der Waals surface area contributed by atoms with Gasteiger partial charge in [0.05, 0.1) is 6.20 Å². The largest absolute Gasteiger partial charge is 0.476 e. The number of nitrogen functional groups attached to an aromatic ring is 1. The van der Waals surface area contributed by atoms with Gasteiger partial charge in [0.25, 0.3) is 0 Å². The Kier molecular flexibility index (Phi) is 3.21.